The molecule has 106 valence electrons. The number of ether oxygens (including phenoxy) is 1. The Morgan fingerprint density at radius 3 is 2.80 bits per heavy atom. The van der Waals surface area contributed by atoms with Gasteiger partial charge in [0.15, 0.2) is 11.6 Å². The maximum Gasteiger partial charge on any atom is 0.165 e. The maximum atomic E-state index is 13.8. The summed E-state index contributed by atoms with van der Waals surface area (Å²) in [6.07, 6.45) is 3.96. The highest BCUT2D eigenvalue weighted by molar-refractivity contribution is 6.31. The van der Waals surface area contributed by atoms with E-state index in [0.717, 1.165) is 11.1 Å². The summed E-state index contributed by atoms with van der Waals surface area (Å²) in [5.74, 6) is -0.128. The van der Waals surface area contributed by atoms with Gasteiger partial charge in [-0.05, 0) is 42.8 Å². The first kappa shape index (κ1) is 14.8. The highest BCUT2D eigenvalue weighted by atomic mass is 35.5. The van der Waals surface area contributed by atoms with Crippen LogP contribution < -0.4 is 10.1 Å². The lowest BCUT2D eigenvalue weighted by Gasteiger charge is -2.18. The van der Waals surface area contributed by atoms with Crippen LogP contribution in [-0.2, 0) is 6.42 Å². The standard InChI is InChI=1S/C15H16ClFN2O/c1-18-14(8-10-5-6-19-9-12(10)16)11-3-4-15(20-2)13(17)7-11/h3-7,9,14,18H,8H2,1-2H3. The van der Waals surface area contributed by atoms with E-state index in [1.54, 1.807) is 18.5 Å². The molecule has 1 aromatic heterocycles. The van der Waals surface area contributed by atoms with Gasteiger partial charge in [0.2, 0.25) is 0 Å². The third-order valence-electron chi connectivity index (χ3n) is 3.21. The second-order valence-electron chi connectivity index (χ2n) is 4.41. The van der Waals surface area contributed by atoms with Crippen LogP contribution in [0.25, 0.3) is 0 Å². The zero-order valence-corrected chi connectivity index (χ0v) is 12.1. The summed E-state index contributed by atoms with van der Waals surface area (Å²) in [6, 6.07) is 6.79. The van der Waals surface area contributed by atoms with E-state index in [9.17, 15) is 4.39 Å². The quantitative estimate of drug-likeness (QED) is 0.918. The third kappa shape index (κ3) is 3.26. The summed E-state index contributed by atoms with van der Waals surface area (Å²) < 4.78 is 18.7. The lowest BCUT2D eigenvalue weighted by molar-refractivity contribution is 0.385. The predicted molar refractivity (Wildman–Crippen MR) is 77.7 cm³/mol. The van der Waals surface area contributed by atoms with Crippen molar-refractivity contribution in [3.63, 3.8) is 0 Å². The molecule has 0 radical (unpaired) electrons. The van der Waals surface area contributed by atoms with Gasteiger partial charge in [0.1, 0.15) is 0 Å². The zero-order chi connectivity index (χ0) is 14.5. The minimum atomic E-state index is -0.369. The van der Waals surface area contributed by atoms with E-state index >= 15 is 0 Å². The van der Waals surface area contributed by atoms with Gasteiger partial charge in [0.05, 0.1) is 12.1 Å². The molecule has 0 bridgehead atoms. The number of hydrogen-bond acceptors (Lipinski definition) is 3. The van der Waals surface area contributed by atoms with E-state index in [1.165, 1.54) is 13.2 Å². The van der Waals surface area contributed by atoms with Crippen LogP contribution in [0.3, 0.4) is 0 Å². The second-order valence-corrected chi connectivity index (χ2v) is 4.81. The van der Waals surface area contributed by atoms with Crippen molar-refractivity contribution < 1.29 is 9.13 Å². The fourth-order valence-electron chi connectivity index (χ4n) is 2.08. The lowest BCUT2D eigenvalue weighted by Crippen LogP contribution is -2.19. The summed E-state index contributed by atoms with van der Waals surface area (Å²) >= 11 is 6.11. The molecule has 3 nitrogen and oxygen atoms in total. The average molecular weight is 295 g/mol. The van der Waals surface area contributed by atoms with Crippen molar-refractivity contribution >= 4 is 11.6 Å². The van der Waals surface area contributed by atoms with E-state index in [4.69, 9.17) is 16.3 Å². The Morgan fingerprint density at radius 1 is 1.40 bits per heavy atom. The van der Waals surface area contributed by atoms with E-state index < -0.39 is 0 Å². The number of nitrogens with one attached hydrogen (secondary N) is 1. The molecule has 5 heteroatoms. The van der Waals surface area contributed by atoms with E-state index in [2.05, 4.69) is 10.3 Å². The van der Waals surface area contributed by atoms with Crippen molar-refractivity contribution in [3.8, 4) is 5.75 Å². The Labute approximate surface area is 122 Å². The van der Waals surface area contributed by atoms with Crippen LogP contribution in [0.1, 0.15) is 17.2 Å². The molecular formula is C15H16ClFN2O. The van der Waals surface area contributed by atoms with Gasteiger partial charge in [0, 0.05) is 18.4 Å². The van der Waals surface area contributed by atoms with Crippen molar-refractivity contribution in [2.45, 2.75) is 12.5 Å². The number of likely N-dealkylation sites (N-methyl/N-ethyl adjacent to an activating group) is 1. The first-order chi connectivity index (χ1) is 9.65. The molecule has 1 aromatic carbocycles. The highest BCUT2D eigenvalue weighted by Gasteiger charge is 2.14. The molecule has 0 spiro atoms. The molecule has 0 saturated heterocycles. The molecule has 20 heavy (non-hydrogen) atoms. The van der Waals surface area contributed by atoms with Gasteiger partial charge in [-0.25, -0.2) is 4.39 Å². The van der Waals surface area contributed by atoms with Gasteiger partial charge in [-0.3, -0.25) is 4.98 Å². The number of pyridine rings is 1. The number of hydrogen-bond donors (Lipinski definition) is 1. The summed E-state index contributed by atoms with van der Waals surface area (Å²) in [4.78, 5) is 3.96. The Hall–Kier alpha value is -1.65. The van der Waals surface area contributed by atoms with E-state index in [-0.39, 0.29) is 17.6 Å². The molecule has 1 heterocycles. The Morgan fingerprint density at radius 2 is 2.20 bits per heavy atom. The molecule has 0 amide bonds. The van der Waals surface area contributed by atoms with Gasteiger partial charge in [-0.1, -0.05) is 17.7 Å². The molecule has 2 rings (SSSR count). The van der Waals surface area contributed by atoms with Crippen LogP contribution in [0.15, 0.2) is 36.7 Å². The first-order valence-electron chi connectivity index (χ1n) is 6.24. The SMILES string of the molecule is CNC(Cc1ccncc1Cl)c1ccc(OC)c(F)c1. The largest absolute Gasteiger partial charge is 0.494 e. The van der Waals surface area contributed by atoms with Crippen molar-refractivity contribution in [2.24, 2.45) is 0 Å². The topological polar surface area (TPSA) is 34.2 Å². The minimum absolute atomic E-state index is 0.0321. The van der Waals surface area contributed by atoms with Crippen molar-refractivity contribution in [2.75, 3.05) is 14.2 Å². The second kappa shape index (κ2) is 6.68. The molecule has 0 fully saturated rings. The molecule has 1 unspecified atom stereocenters. The summed E-state index contributed by atoms with van der Waals surface area (Å²) in [6.45, 7) is 0. The molecule has 1 atom stereocenters. The Bertz CT molecular complexity index is 592. The number of rotatable bonds is 5. The molecule has 2 aromatic rings. The molecule has 0 saturated carbocycles. The summed E-state index contributed by atoms with van der Waals surface area (Å²) in [5.41, 5.74) is 1.82. The highest BCUT2D eigenvalue weighted by Crippen LogP contribution is 2.26. The fraction of sp³-hybridized carbons (Fsp3) is 0.267. The fourth-order valence-corrected chi connectivity index (χ4v) is 2.27. The number of nitrogens with zero attached hydrogens (tertiary/aromatic N) is 1. The monoisotopic (exact) mass is 294 g/mol. The van der Waals surface area contributed by atoms with E-state index in [0.29, 0.717) is 11.4 Å². The molecule has 0 aliphatic carbocycles. The average Bonchev–Trinajstić information content (AvgIpc) is 2.46. The van der Waals surface area contributed by atoms with Crippen LogP contribution in [-0.4, -0.2) is 19.1 Å². The summed E-state index contributed by atoms with van der Waals surface area (Å²) in [7, 11) is 3.28. The van der Waals surface area contributed by atoms with Gasteiger partial charge in [0.25, 0.3) is 0 Å². The van der Waals surface area contributed by atoms with Gasteiger partial charge >= 0.3 is 0 Å². The van der Waals surface area contributed by atoms with Crippen molar-refractivity contribution in [1.29, 1.82) is 0 Å². The van der Waals surface area contributed by atoms with Gasteiger partial charge in [-0.15, -0.1) is 0 Å². The first-order valence-corrected chi connectivity index (χ1v) is 6.62. The van der Waals surface area contributed by atoms with Crippen LogP contribution in [0.2, 0.25) is 5.02 Å². The van der Waals surface area contributed by atoms with Crippen LogP contribution in [0.4, 0.5) is 4.39 Å². The molecular weight excluding hydrogens is 279 g/mol. The Kier molecular flexibility index (Phi) is 4.93. The molecule has 1 N–H and O–H groups in total. The molecule has 0 aliphatic rings. The predicted octanol–water partition coefficient (Wildman–Crippen LogP) is 3.39. The van der Waals surface area contributed by atoms with Crippen molar-refractivity contribution in [3.05, 3.63) is 58.6 Å². The number of halogens is 2. The van der Waals surface area contributed by atoms with Crippen LogP contribution >= 0.6 is 11.6 Å². The number of aromatic nitrogens is 1. The summed E-state index contributed by atoms with van der Waals surface area (Å²) in [5, 5.41) is 3.78. The van der Waals surface area contributed by atoms with E-state index in [1.807, 2.05) is 19.2 Å². The lowest BCUT2D eigenvalue weighted by atomic mass is 9.99. The third-order valence-corrected chi connectivity index (χ3v) is 3.55. The normalized spacial score (nSPS) is 12.2. The van der Waals surface area contributed by atoms with Gasteiger partial charge < -0.3 is 10.1 Å². The smallest absolute Gasteiger partial charge is 0.165 e. The Balaban J connectivity index is 2.24. The van der Waals surface area contributed by atoms with Gasteiger partial charge in [-0.2, -0.15) is 0 Å². The zero-order valence-electron chi connectivity index (χ0n) is 11.4. The maximum absolute atomic E-state index is 13.8. The number of benzene rings is 1. The number of methoxy groups -OCH3 is 1. The minimum Gasteiger partial charge on any atom is -0.494 e. The molecule has 0 aliphatic heterocycles. The van der Waals surface area contributed by atoms with Crippen molar-refractivity contribution in [1.82, 2.24) is 10.3 Å². The van der Waals surface area contributed by atoms with Crippen LogP contribution in [0.5, 0.6) is 5.75 Å². The van der Waals surface area contributed by atoms with Crippen LogP contribution in [0, 0.1) is 5.82 Å².